The van der Waals surface area contributed by atoms with Gasteiger partial charge in [-0.1, -0.05) is 24.3 Å². The largest absolute Gasteiger partial charge is 0.340 e. The van der Waals surface area contributed by atoms with Crippen molar-refractivity contribution in [3.63, 3.8) is 0 Å². The number of rotatable bonds is 6. The van der Waals surface area contributed by atoms with E-state index in [1.165, 1.54) is 38.9 Å². The minimum absolute atomic E-state index is 0.0690. The van der Waals surface area contributed by atoms with Crippen molar-refractivity contribution in [1.82, 2.24) is 9.88 Å². The molecule has 36 heavy (non-hydrogen) atoms. The maximum atomic E-state index is 7.00. The van der Waals surface area contributed by atoms with Crippen molar-refractivity contribution >= 4 is 34.5 Å². The molecule has 3 aromatic rings. The van der Waals surface area contributed by atoms with Crippen molar-refractivity contribution in [1.29, 1.82) is 0 Å². The Morgan fingerprint density at radius 3 is 2.67 bits per heavy atom. The first-order valence-electron chi connectivity index (χ1n) is 12.8. The number of nitrogens with one attached hydrogen (secondary N) is 1. The number of para-hydroxylation sites is 1. The molecule has 4 heterocycles. The summed E-state index contributed by atoms with van der Waals surface area (Å²) in [6.07, 6.45) is 9.31. The van der Waals surface area contributed by atoms with Crippen LogP contribution in [0, 0.1) is 11.8 Å². The number of pyridine rings is 1. The van der Waals surface area contributed by atoms with E-state index in [0.29, 0.717) is 5.92 Å². The molecule has 1 atom stereocenters. The monoisotopic (exact) mass is 476 g/mol. The van der Waals surface area contributed by atoms with E-state index >= 15 is 0 Å². The summed E-state index contributed by atoms with van der Waals surface area (Å²) >= 11 is 0. The third kappa shape index (κ3) is 3.67. The van der Waals surface area contributed by atoms with Crippen molar-refractivity contribution < 1.29 is 4.59 Å². The zero-order chi connectivity index (χ0) is 24.1. The molecule has 180 valence electrons. The summed E-state index contributed by atoms with van der Waals surface area (Å²) in [5.74, 6) is 9.85. The minimum atomic E-state index is 0.0690. The highest BCUT2D eigenvalue weighted by Crippen LogP contribution is 2.45. The zero-order valence-corrected chi connectivity index (χ0v) is 20.2. The molecule has 1 saturated carbocycles. The number of anilines is 2. The molecule has 1 aromatic heterocycles. The molecule has 3 aliphatic heterocycles. The van der Waals surface area contributed by atoms with Gasteiger partial charge in [-0.05, 0) is 74.7 Å². The molecule has 7 heteroatoms. The van der Waals surface area contributed by atoms with Gasteiger partial charge >= 0.3 is 0 Å². The standard InChI is InChI=1S/C29H30N7/c30-36-14-11-31-18-26(36)28(23-15-20(16-23)19-35-12-4-13-35)34-29(36)22-8-7-21-9-10-27(33-25(21)17-22)32-24-5-2-1-3-6-24/h1-3,5-11,14,17-18,20,23H,4,12-13,15-16,19,30H2,(H,32,33)/q+1. The van der Waals surface area contributed by atoms with Crippen LogP contribution in [0.2, 0.25) is 0 Å². The first kappa shape index (κ1) is 21.6. The summed E-state index contributed by atoms with van der Waals surface area (Å²) in [7, 11) is 0. The Labute approximate surface area is 210 Å². The lowest BCUT2D eigenvalue weighted by molar-refractivity contribution is -0.750. The zero-order valence-electron chi connectivity index (χ0n) is 20.2. The van der Waals surface area contributed by atoms with Crippen LogP contribution in [0.1, 0.15) is 24.8 Å². The Hall–Kier alpha value is -3.65. The van der Waals surface area contributed by atoms with Gasteiger partial charge in [0.1, 0.15) is 17.7 Å². The molecule has 2 aromatic carbocycles. The fraction of sp³-hybridized carbons (Fsp3) is 0.276. The van der Waals surface area contributed by atoms with E-state index in [1.54, 1.807) is 6.20 Å². The van der Waals surface area contributed by atoms with Crippen molar-refractivity contribution in [2.45, 2.75) is 19.3 Å². The van der Waals surface area contributed by atoms with Crippen molar-refractivity contribution in [3.05, 3.63) is 90.0 Å². The van der Waals surface area contributed by atoms with Crippen LogP contribution in [0.3, 0.4) is 0 Å². The Balaban J connectivity index is 1.19. The number of amidine groups is 1. The van der Waals surface area contributed by atoms with E-state index in [9.17, 15) is 0 Å². The SMILES string of the molecule is N[N+]12C=CN=CC1=C(C1CC(CN3CCC3)C1)N=C2c1ccc2ccc(Nc3ccccc3)nc2c1. The average molecular weight is 477 g/mol. The summed E-state index contributed by atoms with van der Waals surface area (Å²) in [5, 5.41) is 4.47. The summed E-state index contributed by atoms with van der Waals surface area (Å²) in [6, 6.07) is 20.5. The highest BCUT2D eigenvalue weighted by atomic mass is 15.6. The smallest absolute Gasteiger partial charge is 0.264 e. The molecule has 7 nitrogen and oxygen atoms in total. The van der Waals surface area contributed by atoms with Crippen LogP contribution >= 0.6 is 0 Å². The van der Waals surface area contributed by atoms with Crippen LogP contribution in [0.25, 0.3) is 10.9 Å². The first-order chi connectivity index (χ1) is 17.7. The van der Waals surface area contributed by atoms with Crippen molar-refractivity contribution in [2.24, 2.45) is 27.7 Å². The third-order valence-corrected chi connectivity index (χ3v) is 7.91. The molecule has 0 bridgehead atoms. The summed E-state index contributed by atoms with van der Waals surface area (Å²) in [6.45, 7) is 3.74. The second-order valence-corrected chi connectivity index (χ2v) is 10.3. The average Bonchev–Trinajstić information content (AvgIpc) is 3.15. The van der Waals surface area contributed by atoms with Crippen LogP contribution < -0.4 is 11.2 Å². The third-order valence-electron chi connectivity index (χ3n) is 7.91. The van der Waals surface area contributed by atoms with E-state index in [2.05, 4.69) is 39.5 Å². The van der Waals surface area contributed by atoms with Gasteiger partial charge in [-0.3, -0.25) is 4.99 Å². The number of nitrogens with zero attached hydrogens (tertiary/aromatic N) is 5. The summed E-state index contributed by atoms with van der Waals surface area (Å²) in [5.41, 5.74) is 5.00. The highest BCUT2D eigenvalue weighted by molar-refractivity contribution is 6.02. The molecular weight excluding hydrogens is 446 g/mol. The summed E-state index contributed by atoms with van der Waals surface area (Å²) < 4.78 is 0.0690. The molecule has 2 fully saturated rings. The van der Waals surface area contributed by atoms with Gasteiger partial charge in [0.2, 0.25) is 5.70 Å². The predicted molar refractivity (Wildman–Crippen MR) is 144 cm³/mol. The van der Waals surface area contributed by atoms with Gasteiger partial charge in [-0.25, -0.2) is 4.98 Å². The number of fused-ring (bicyclic) bond motifs is 2. The molecular formula is C29H30N7+. The Bertz CT molecular complexity index is 1440. The predicted octanol–water partition coefficient (Wildman–Crippen LogP) is 4.93. The number of hydrogen-bond donors (Lipinski definition) is 2. The normalized spacial score (nSPS) is 27.0. The van der Waals surface area contributed by atoms with Gasteiger partial charge in [0.15, 0.2) is 0 Å². The molecule has 1 unspecified atom stereocenters. The second kappa shape index (κ2) is 8.48. The fourth-order valence-corrected chi connectivity index (χ4v) is 5.74. The molecule has 1 saturated heterocycles. The lowest BCUT2D eigenvalue weighted by Gasteiger charge is -2.41. The first-order valence-corrected chi connectivity index (χ1v) is 12.8. The molecule has 0 spiro atoms. The Morgan fingerprint density at radius 1 is 1.03 bits per heavy atom. The van der Waals surface area contributed by atoms with E-state index in [4.69, 9.17) is 15.8 Å². The minimum Gasteiger partial charge on any atom is -0.340 e. The second-order valence-electron chi connectivity index (χ2n) is 10.3. The molecule has 0 radical (unpaired) electrons. The fourth-order valence-electron chi connectivity index (χ4n) is 5.74. The van der Waals surface area contributed by atoms with Gasteiger partial charge in [0, 0.05) is 23.5 Å². The number of allylic oxidation sites excluding steroid dienone is 2. The van der Waals surface area contributed by atoms with E-state index < -0.39 is 0 Å². The number of benzene rings is 2. The molecule has 1 aliphatic carbocycles. The Morgan fingerprint density at radius 2 is 1.86 bits per heavy atom. The number of aromatic nitrogens is 1. The van der Waals surface area contributed by atoms with Gasteiger partial charge in [-0.2, -0.15) is 10.8 Å². The van der Waals surface area contributed by atoms with Crippen LogP contribution in [0.15, 0.2) is 94.4 Å². The molecule has 0 amide bonds. The maximum Gasteiger partial charge on any atom is 0.264 e. The number of likely N-dealkylation sites (tertiary alicyclic amines) is 1. The van der Waals surface area contributed by atoms with Crippen molar-refractivity contribution in [3.8, 4) is 0 Å². The summed E-state index contributed by atoms with van der Waals surface area (Å²) in [4.78, 5) is 17.1. The van der Waals surface area contributed by atoms with E-state index in [-0.39, 0.29) is 4.59 Å². The molecule has 4 aliphatic rings. The van der Waals surface area contributed by atoms with Gasteiger partial charge in [-0.15, -0.1) is 4.59 Å². The van der Waals surface area contributed by atoms with Gasteiger partial charge in [0.25, 0.3) is 5.84 Å². The maximum absolute atomic E-state index is 7.00. The quantitative estimate of drug-likeness (QED) is 0.391. The number of quaternary nitrogens is 1. The Kier molecular flexibility index (Phi) is 5.09. The number of nitrogens with two attached hydrogens (primary N) is 1. The van der Waals surface area contributed by atoms with Crippen LogP contribution in [0.5, 0.6) is 0 Å². The molecule has 7 rings (SSSR count). The molecule has 3 N–H and O–H groups in total. The van der Waals surface area contributed by atoms with E-state index in [0.717, 1.165) is 51.1 Å². The van der Waals surface area contributed by atoms with Crippen molar-refractivity contribution in [2.75, 3.05) is 25.0 Å². The lowest BCUT2D eigenvalue weighted by Crippen LogP contribution is -2.53. The van der Waals surface area contributed by atoms with E-state index in [1.807, 2.05) is 48.8 Å². The van der Waals surface area contributed by atoms with Crippen LogP contribution in [0.4, 0.5) is 11.5 Å². The number of aliphatic imine (C=N–C) groups is 2. The highest BCUT2D eigenvalue weighted by Gasteiger charge is 2.48. The topological polar surface area (TPSA) is 78.9 Å². The number of hydrogen-bond acceptors (Lipinski definition) is 6. The van der Waals surface area contributed by atoms with Gasteiger partial charge in [0.05, 0.1) is 23.5 Å². The van der Waals surface area contributed by atoms with Crippen LogP contribution in [-0.4, -0.2) is 46.2 Å². The van der Waals surface area contributed by atoms with Gasteiger partial charge < -0.3 is 10.2 Å². The lowest BCUT2D eigenvalue weighted by atomic mass is 9.72. The van der Waals surface area contributed by atoms with Crippen LogP contribution in [-0.2, 0) is 0 Å².